The maximum Gasteiger partial charge on any atom is 0.274 e. The van der Waals surface area contributed by atoms with Crippen LogP contribution in [-0.4, -0.2) is 39.9 Å². The Morgan fingerprint density at radius 3 is 2.74 bits per heavy atom. The molecule has 3 unspecified atom stereocenters. The molecule has 122 valence electrons. The summed E-state index contributed by atoms with van der Waals surface area (Å²) in [5.74, 6) is 0. The first kappa shape index (κ1) is 14.8. The molecule has 1 aliphatic carbocycles. The Morgan fingerprint density at radius 2 is 1.91 bits per heavy atom. The van der Waals surface area contributed by atoms with Crippen LogP contribution in [0.15, 0.2) is 35.3 Å². The molecule has 5 nitrogen and oxygen atoms in total. The molecule has 4 rings (SSSR count). The Hall–Kier alpha value is -1.72. The van der Waals surface area contributed by atoms with Gasteiger partial charge in [0.15, 0.2) is 0 Å². The van der Waals surface area contributed by atoms with E-state index < -0.39 is 0 Å². The summed E-state index contributed by atoms with van der Waals surface area (Å²) in [6.45, 7) is 2.04. The molecule has 0 radical (unpaired) electrons. The molecule has 0 amide bonds. The third-order valence-electron chi connectivity index (χ3n) is 5.45. The molecule has 2 N–H and O–H groups in total. The summed E-state index contributed by atoms with van der Waals surface area (Å²) in [4.78, 5) is 15.3. The first-order valence-electron chi connectivity index (χ1n) is 8.70. The highest BCUT2D eigenvalue weighted by Crippen LogP contribution is 2.36. The van der Waals surface area contributed by atoms with Crippen molar-refractivity contribution in [1.29, 1.82) is 0 Å². The van der Waals surface area contributed by atoms with Crippen LogP contribution < -0.4 is 11.3 Å². The fraction of sp³-hybridized carbons (Fsp3) is 0.556. The zero-order chi connectivity index (χ0) is 15.8. The lowest BCUT2D eigenvalue weighted by molar-refractivity contribution is 0.0590. The SMILES string of the molecule is NC1CCCCN(C2CCC2n2ncc3ccccc3c2=O)C1. The van der Waals surface area contributed by atoms with Gasteiger partial charge in [0, 0.05) is 24.0 Å². The molecule has 2 aliphatic rings. The van der Waals surface area contributed by atoms with Gasteiger partial charge in [0.1, 0.15) is 0 Å². The van der Waals surface area contributed by atoms with Crippen LogP contribution in [-0.2, 0) is 0 Å². The quantitative estimate of drug-likeness (QED) is 0.920. The van der Waals surface area contributed by atoms with Crippen LogP contribution in [0.25, 0.3) is 10.8 Å². The van der Waals surface area contributed by atoms with Gasteiger partial charge >= 0.3 is 0 Å². The van der Waals surface area contributed by atoms with Gasteiger partial charge in [-0.05, 0) is 38.3 Å². The van der Waals surface area contributed by atoms with Crippen molar-refractivity contribution in [3.63, 3.8) is 0 Å². The molecule has 2 heterocycles. The molecular formula is C18H24N4O. The molecule has 5 heteroatoms. The number of hydrogen-bond donors (Lipinski definition) is 1. The molecule has 1 aromatic heterocycles. The van der Waals surface area contributed by atoms with Crippen molar-refractivity contribution in [2.75, 3.05) is 13.1 Å². The van der Waals surface area contributed by atoms with Gasteiger partial charge in [-0.25, -0.2) is 4.68 Å². The Labute approximate surface area is 136 Å². The molecule has 1 aliphatic heterocycles. The summed E-state index contributed by atoms with van der Waals surface area (Å²) < 4.78 is 1.72. The van der Waals surface area contributed by atoms with E-state index in [1.807, 2.05) is 30.5 Å². The van der Waals surface area contributed by atoms with Gasteiger partial charge in [-0.3, -0.25) is 9.69 Å². The fourth-order valence-electron chi connectivity index (χ4n) is 4.02. The van der Waals surface area contributed by atoms with E-state index in [9.17, 15) is 4.79 Å². The predicted octanol–water partition coefficient (Wildman–Crippen LogP) is 1.91. The van der Waals surface area contributed by atoms with Crippen LogP contribution in [0.4, 0.5) is 0 Å². The topological polar surface area (TPSA) is 64.2 Å². The normalized spacial score (nSPS) is 29.2. The third kappa shape index (κ3) is 2.68. The van der Waals surface area contributed by atoms with Gasteiger partial charge in [0.2, 0.25) is 0 Å². The van der Waals surface area contributed by atoms with E-state index in [-0.39, 0.29) is 17.6 Å². The van der Waals surface area contributed by atoms with E-state index in [0.717, 1.165) is 43.1 Å². The van der Waals surface area contributed by atoms with E-state index in [1.54, 1.807) is 4.68 Å². The molecule has 2 aromatic rings. The minimum Gasteiger partial charge on any atom is -0.327 e. The van der Waals surface area contributed by atoms with Crippen molar-refractivity contribution in [1.82, 2.24) is 14.7 Å². The van der Waals surface area contributed by atoms with Crippen LogP contribution in [0, 0.1) is 0 Å². The zero-order valence-corrected chi connectivity index (χ0v) is 13.4. The number of hydrogen-bond acceptors (Lipinski definition) is 4. The molecule has 2 fully saturated rings. The number of rotatable bonds is 2. The Balaban J connectivity index is 1.63. The van der Waals surface area contributed by atoms with E-state index >= 15 is 0 Å². The average Bonchev–Trinajstić information content (AvgIpc) is 2.73. The first-order valence-corrected chi connectivity index (χ1v) is 8.70. The lowest BCUT2D eigenvalue weighted by atomic mass is 9.84. The van der Waals surface area contributed by atoms with Gasteiger partial charge < -0.3 is 5.73 Å². The maximum atomic E-state index is 12.8. The van der Waals surface area contributed by atoms with Gasteiger partial charge in [0.25, 0.3) is 5.56 Å². The summed E-state index contributed by atoms with van der Waals surface area (Å²) in [5.41, 5.74) is 6.24. The molecule has 0 spiro atoms. The Bertz CT molecular complexity index is 756. The van der Waals surface area contributed by atoms with E-state index in [2.05, 4.69) is 10.00 Å². The summed E-state index contributed by atoms with van der Waals surface area (Å²) in [6, 6.07) is 8.56. The van der Waals surface area contributed by atoms with E-state index in [0.29, 0.717) is 6.04 Å². The minimum absolute atomic E-state index is 0.0388. The van der Waals surface area contributed by atoms with Gasteiger partial charge in [-0.15, -0.1) is 0 Å². The van der Waals surface area contributed by atoms with Crippen LogP contribution >= 0.6 is 0 Å². The van der Waals surface area contributed by atoms with Crippen LogP contribution in [0.3, 0.4) is 0 Å². The second-order valence-corrected chi connectivity index (χ2v) is 6.94. The minimum atomic E-state index is 0.0388. The number of benzene rings is 1. The van der Waals surface area contributed by atoms with Gasteiger partial charge in [-0.1, -0.05) is 24.6 Å². The van der Waals surface area contributed by atoms with Crippen LogP contribution in [0.5, 0.6) is 0 Å². The number of fused-ring (bicyclic) bond motifs is 1. The highest BCUT2D eigenvalue weighted by molar-refractivity contribution is 5.80. The molecule has 3 atom stereocenters. The highest BCUT2D eigenvalue weighted by Gasteiger charge is 2.38. The fourth-order valence-corrected chi connectivity index (χ4v) is 4.02. The second-order valence-electron chi connectivity index (χ2n) is 6.94. The lowest BCUT2D eigenvalue weighted by Gasteiger charge is -2.44. The van der Waals surface area contributed by atoms with Crippen molar-refractivity contribution in [3.05, 3.63) is 40.8 Å². The second kappa shape index (κ2) is 6.06. The van der Waals surface area contributed by atoms with Crippen molar-refractivity contribution in [2.45, 2.75) is 50.2 Å². The Morgan fingerprint density at radius 1 is 1.09 bits per heavy atom. The molecule has 0 bridgehead atoms. The number of likely N-dealkylation sites (tertiary alicyclic amines) is 1. The van der Waals surface area contributed by atoms with Crippen LogP contribution in [0.2, 0.25) is 0 Å². The maximum absolute atomic E-state index is 12.8. The zero-order valence-electron chi connectivity index (χ0n) is 13.4. The van der Waals surface area contributed by atoms with Crippen LogP contribution in [0.1, 0.15) is 38.1 Å². The summed E-state index contributed by atoms with van der Waals surface area (Å²) in [6.07, 6.45) is 7.52. The summed E-state index contributed by atoms with van der Waals surface area (Å²) >= 11 is 0. The van der Waals surface area contributed by atoms with Crippen molar-refractivity contribution >= 4 is 10.8 Å². The van der Waals surface area contributed by atoms with E-state index in [4.69, 9.17) is 5.73 Å². The van der Waals surface area contributed by atoms with Crippen molar-refractivity contribution < 1.29 is 0 Å². The first-order chi connectivity index (χ1) is 11.2. The predicted molar refractivity (Wildman–Crippen MR) is 91.5 cm³/mol. The standard InChI is InChI=1S/C18H24N4O/c19-14-6-3-4-10-21(12-14)16-8-9-17(16)22-18(23)15-7-2-1-5-13(15)11-20-22/h1-2,5,7,11,14,16-17H,3-4,6,8-10,12,19H2. The molecule has 1 saturated carbocycles. The van der Waals surface area contributed by atoms with Gasteiger partial charge in [-0.2, -0.15) is 5.10 Å². The highest BCUT2D eigenvalue weighted by atomic mass is 16.1. The van der Waals surface area contributed by atoms with E-state index in [1.165, 1.54) is 12.8 Å². The number of nitrogens with zero attached hydrogens (tertiary/aromatic N) is 3. The molecule has 1 saturated heterocycles. The molecular weight excluding hydrogens is 288 g/mol. The smallest absolute Gasteiger partial charge is 0.274 e. The largest absolute Gasteiger partial charge is 0.327 e. The third-order valence-corrected chi connectivity index (χ3v) is 5.45. The number of aromatic nitrogens is 2. The van der Waals surface area contributed by atoms with Crippen molar-refractivity contribution in [2.24, 2.45) is 5.73 Å². The average molecular weight is 312 g/mol. The molecule has 23 heavy (non-hydrogen) atoms. The summed E-state index contributed by atoms with van der Waals surface area (Å²) in [7, 11) is 0. The summed E-state index contributed by atoms with van der Waals surface area (Å²) in [5, 5.41) is 6.14. The van der Waals surface area contributed by atoms with Crippen molar-refractivity contribution in [3.8, 4) is 0 Å². The lowest BCUT2D eigenvalue weighted by Crippen LogP contribution is -2.53. The van der Waals surface area contributed by atoms with Gasteiger partial charge in [0.05, 0.1) is 17.6 Å². The number of nitrogens with two attached hydrogens (primary N) is 1. The molecule has 1 aromatic carbocycles. The monoisotopic (exact) mass is 312 g/mol. The Kier molecular flexibility index (Phi) is 3.91.